The molecule has 0 saturated carbocycles. The monoisotopic (exact) mass is 227 g/mol. The summed E-state index contributed by atoms with van der Waals surface area (Å²) >= 11 is 0. The van der Waals surface area contributed by atoms with Crippen molar-refractivity contribution >= 4 is 5.69 Å². The minimum absolute atomic E-state index is 0.00761. The lowest BCUT2D eigenvalue weighted by Gasteiger charge is -2.14. The average molecular weight is 227 g/mol. The van der Waals surface area contributed by atoms with Crippen LogP contribution in [0.1, 0.15) is 27.2 Å². The van der Waals surface area contributed by atoms with E-state index >= 15 is 0 Å². The van der Waals surface area contributed by atoms with E-state index < -0.39 is 5.82 Å². The summed E-state index contributed by atoms with van der Waals surface area (Å²) in [5.74, 6) is 0.191. The molecule has 0 spiro atoms. The van der Waals surface area contributed by atoms with Crippen molar-refractivity contribution in [3.8, 4) is 11.5 Å². The molecule has 0 unspecified atom stereocenters. The Labute approximate surface area is 95.4 Å². The second-order valence-electron chi connectivity index (χ2n) is 3.84. The number of hydrogen-bond donors (Lipinski definition) is 1. The van der Waals surface area contributed by atoms with E-state index in [1.54, 1.807) is 0 Å². The molecular weight excluding hydrogens is 209 g/mol. The van der Waals surface area contributed by atoms with Crippen LogP contribution in [0.25, 0.3) is 0 Å². The molecule has 0 aromatic heterocycles. The van der Waals surface area contributed by atoms with Crippen LogP contribution in [0.4, 0.5) is 10.1 Å². The highest BCUT2D eigenvalue weighted by Crippen LogP contribution is 2.30. The van der Waals surface area contributed by atoms with Gasteiger partial charge in [-0.2, -0.15) is 0 Å². The number of rotatable bonds is 5. The molecule has 1 aromatic carbocycles. The molecule has 2 N–H and O–H groups in total. The van der Waals surface area contributed by atoms with E-state index in [9.17, 15) is 4.39 Å². The fourth-order valence-electron chi connectivity index (χ4n) is 1.23. The van der Waals surface area contributed by atoms with Crippen molar-refractivity contribution in [2.45, 2.75) is 33.3 Å². The third-order valence-electron chi connectivity index (χ3n) is 1.89. The Balaban J connectivity index is 2.92. The number of anilines is 1. The number of benzene rings is 1. The Morgan fingerprint density at radius 1 is 1.31 bits per heavy atom. The lowest BCUT2D eigenvalue weighted by Crippen LogP contribution is -2.08. The first-order chi connectivity index (χ1) is 7.54. The highest BCUT2D eigenvalue weighted by molar-refractivity contribution is 5.56. The summed E-state index contributed by atoms with van der Waals surface area (Å²) < 4.78 is 24.1. The van der Waals surface area contributed by atoms with E-state index in [0.717, 1.165) is 6.42 Å². The minimum Gasteiger partial charge on any atom is -0.490 e. The molecule has 0 heterocycles. The van der Waals surface area contributed by atoms with Crippen LogP contribution in [0.3, 0.4) is 0 Å². The van der Waals surface area contributed by atoms with Gasteiger partial charge >= 0.3 is 0 Å². The summed E-state index contributed by atoms with van der Waals surface area (Å²) in [7, 11) is 0. The molecule has 0 fully saturated rings. The lowest BCUT2D eigenvalue weighted by molar-refractivity contribution is 0.240. The van der Waals surface area contributed by atoms with Crippen LogP contribution < -0.4 is 15.2 Å². The smallest absolute Gasteiger partial charge is 0.167 e. The number of nitrogens with two attached hydrogens (primary N) is 1. The first kappa shape index (κ1) is 12.6. The van der Waals surface area contributed by atoms with Crippen LogP contribution >= 0.6 is 0 Å². The number of ether oxygens (including phenoxy) is 2. The normalized spacial score (nSPS) is 10.6. The number of nitrogen functional groups attached to an aromatic ring is 1. The van der Waals surface area contributed by atoms with Crippen LogP contribution in [0.5, 0.6) is 11.5 Å². The molecular formula is C12H18FNO2. The molecule has 0 amide bonds. The topological polar surface area (TPSA) is 44.5 Å². The van der Waals surface area contributed by atoms with Crippen LogP contribution in [-0.4, -0.2) is 12.7 Å². The maximum absolute atomic E-state index is 13.4. The third kappa shape index (κ3) is 3.29. The molecule has 0 aliphatic carbocycles. The zero-order valence-corrected chi connectivity index (χ0v) is 9.92. The summed E-state index contributed by atoms with van der Waals surface area (Å²) in [4.78, 5) is 0. The largest absolute Gasteiger partial charge is 0.490 e. The molecule has 0 aliphatic rings. The minimum atomic E-state index is -0.456. The second-order valence-corrected chi connectivity index (χ2v) is 3.84. The van der Waals surface area contributed by atoms with Gasteiger partial charge in [-0.1, -0.05) is 6.92 Å². The zero-order chi connectivity index (χ0) is 12.1. The van der Waals surface area contributed by atoms with Gasteiger partial charge in [-0.3, -0.25) is 0 Å². The van der Waals surface area contributed by atoms with Crippen LogP contribution in [0.15, 0.2) is 12.1 Å². The van der Waals surface area contributed by atoms with Gasteiger partial charge in [-0.25, -0.2) is 4.39 Å². The van der Waals surface area contributed by atoms with Gasteiger partial charge in [-0.05, 0) is 20.3 Å². The van der Waals surface area contributed by atoms with Crippen molar-refractivity contribution in [3.05, 3.63) is 17.9 Å². The Morgan fingerprint density at radius 2 is 2.00 bits per heavy atom. The van der Waals surface area contributed by atoms with Crippen LogP contribution in [0.2, 0.25) is 0 Å². The van der Waals surface area contributed by atoms with Crippen LogP contribution in [0, 0.1) is 5.82 Å². The van der Waals surface area contributed by atoms with Gasteiger partial charge < -0.3 is 15.2 Å². The van der Waals surface area contributed by atoms with Gasteiger partial charge in [0.05, 0.1) is 18.4 Å². The molecule has 90 valence electrons. The van der Waals surface area contributed by atoms with E-state index in [1.807, 2.05) is 20.8 Å². The molecule has 4 heteroatoms. The Kier molecular flexibility index (Phi) is 4.40. The van der Waals surface area contributed by atoms with E-state index in [0.29, 0.717) is 12.4 Å². The maximum Gasteiger partial charge on any atom is 0.167 e. The summed E-state index contributed by atoms with van der Waals surface area (Å²) in [6.07, 6.45) is 0.816. The van der Waals surface area contributed by atoms with Gasteiger partial charge in [-0.15, -0.1) is 0 Å². The zero-order valence-electron chi connectivity index (χ0n) is 9.92. The SMILES string of the molecule is CCCOc1cc(OC(C)C)c(N)cc1F. The number of hydrogen-bond acceptors (Lipinski definition) is 3. The molecule has 0 bridgehead atoms. The quantitative estimate of drug-likeness (QED) is 0.786. The van der Waals surface area contributed by atoms with Gasteiger partial charge in [0.2, 0.25) is 0 Å². The highest BCUT2D eigenvalue weighted by atomic mass is 19.1. The summed E-state index contributed by atoms with van der Waals surface area (Å²) in [5, 5.41) is 0. The second kappa shape index (κ2) is 5.58. The van der Waals surface area contributed by atoms with Gasteiger partial charge in [0.1, 0.15) is 5.75 Å². The first-order valence-corrected chi connectivity index (χ1v) is 5.43. The van der Waals surface area contributed by atoms with Crippen molar-refractivity contribution < 1.29 is 13.9 Å². The van der Waals surface area contributed by atoms with Crippen molar-refractivity contribution in [2.75, 3.05) is 12.3 Å². The molecule has 0 radical (unpaired) electrons. The summed E-state index contributed by atoms with van der Waals surface area (Å²) in [6.45, 7) is 6.20. The fourth-order valence-corrected chi connectivity index (χ4v) is 1.23. The molecule has 0 aliphatic heterocycles. The Bertz CT molecular complexity index is 353. The molecule has 16 heavy (non-hydrogen) atoms. The predicted octanol–water partition coefficient (Wildman–Crippen LogP) is 2.98. The van der Waals surface area contributed by atoms with Crippen molar-refractivity contribution in [1.82, 2.24) is 0 Å². The van der Waals surface area contributed by atoms with Gasteiger partial charge in [0.15, 0.2) is 11.6 Å². The average Bonchev–Trinajstić information content (AvgIpc) is 2.20. The first-order valence-electron chi connectivity index (χ1n) is 5.43. The highest BCUT2D eigenvalue weighted by Gasteiger charge is 2.11. The summed E-state index contributed by atoms with van der Waals surface area (Å²) in [6, 6.07) is 2.73. The molecule has 1 aromatic rings. The van der Waals surface area contributed by atoms with E-state index in [4.69, 9.17) is 15.2 Å². The lowest BCUT2D eigenvalue weighted by atomic mass is 10.2. The number of halogens is 1. The van der Waals surface area contributed by atoms with E-state index in [-0.39, 0.29) is 17.5 Å². The molecule has 1 rings (SSSR count). The van der Waals surface area contributed by atoms with Crippen molar-refractivity contribution in [3.63, 3.8) is 0 Å². The Hall–Kier alpha value is -1.45. The molecule has 0 saturated heterocycles. The van der Waals surface area contributed by atoms with Crippen molar-refractivity contribution in [1.29, 1.82) is 0 Å². The fraction of sp³-hybridized carbons (Fsp3) is 0.500. The van der Waals surface area contributed by atoms with Crippen LogP contribution in [-0.2, 0) is 0 Å². The standard InChI is InChI=1S/C12H18FNO2/c1-4-5-15-11-7-12(16-8(2)3)10(14)6-9(11)13/h6-8H,4-5,14H2,1-3H3. The molecule has 0 atom stereocenters. The van der Waals surface area contributed by atoms with Gasteiger partial charge in [0.25, 0.3) is 0 Å². The van der Waals surface area contributed by atoms with E-state index in [2.05, 4.69) is 0 Å². The van der Waals surface area contributed by atoms with Crippen molar-refractivity contribution in [2.24, 2.45) is 0 Å². The van der Waals surface area contributed by atoms with E-state index in [1.165, 1.54) is 12.1 Å². The molecule has 3 nitrogen and oxygen atoms in total. The Morgan fingerprint density at radius 3 is 2.56 bits per heavy atom. The maximum atomic E-state index is 13.4. The summed E-state index contributed by atoms with van der Waals surface area (Å²) in [5.41, 5.74) is 5.93. The third-order valence-corrected chi connectivity index (χ3v) is 1.89. The van der Waals surface area contributed by atoms with Gasteiger partial charge in [0, 0.05) is 12.1 Å². The predicted molar refractivity (Wildman–Crippen MR) is 62.4 cm³/mol.